The topological polar surface area (TPSA) is 59.0 Å². The molecular formula is C10H17F3N2O3. The van der Waals surface area contributed by atoms with Gasteiger partial charge < -0.3 is 4.74 Å². The lowest BCUT2D eigenvalue weighted by atomic mass is 10.2. The highest BCUT2D eigenvalue weighted by Crippen LogP contribution is 2.19. The van der Waals surface area contributed by atoms with Gasteiger partial charge >= 0.3 is 12.3 Å². The highest BCUT2D eigenvalue weighted by Gasteiger charge is 2.34. The van der Waals surface area contributed by atoms with Gasteiger partial charge in [0, 0.05) is 6.54 Å². The van der Waals surface area contributed by atoms with Gasteiger partial charge in [0.05, 0.1) is 6.54 Å². The molecule has 8 heteroatoms. The molecule has 0 aliphatic heterocycles. The van der Waals surface area contributed by atoms with E-state index in [9.17, 15) is 22.9 Å². The number of halogens is 3. The molecule has 0 fully saturated rings. The van der Waals surface area contributed by atoms with E-state index in [1.807, 2.05) is 0 Å². The smallest absolute Gasteiger partial charge is 0.410 e. The van der Waals surface area contributed by atoms with E-state index in [2.05, 4.69) is 5.18 Å². The second-order valence-electron chi connectivity index (χ2n) is 4.72. The Labute approximate surface area is 103 Å². The van der Waals surface area contributed by atoms with Crippen molar-refractivity contribution in [2.45, 2.75) is 39.0 Å². The van der Waals surface area contributed by atoms with Gasteiger partial charge in [-0.25, -0.2) is 4.79 Å². The first-order valence-corrected chi connectivity index (χ1v) is 5.39. The maximum atomic E-state index is 12.3. The van der Waals surface area contributed by atoms with Gasteiger partial charge in [-0.15, -0.1) is 0 Å². The fourth-order valence-electron chi connectivity index (χ4n) is 1.10. The predicted octanol–water partition coefficient (Wildman–Crippen LogP) is 2.94. The number of alkyl halides is 3. The summed E-state index contributed by atoms with van der Waals surface area (Å²) < 4.78 is 41.7. The number of carbonyl (C=O) groups excluding carboxylic acids is 1. The largest absolute Gasteiger partial charge is 0.444 e. The van der Waals surface area contributed by atoms with Gasteiger partial charge in [0.25, 0.3) is 0 Å². The highest BCUT2D eigenvalue weighted by atomic mass is 19.4. The van der Waals surface area contributed by atoms with Crippen LogP contribution in [-0.2, 0) is 4.74 Å². The normalized spacial score (nSPS) is 12.1. The van der Waals surface area contributed by atoms with Crippen molar-refractivity contribution >= 4 is 6.09 Å². The minimum Gasteiger partial charge on any atom is -0.444 e. The van der Waals surface area contributed by atoms with E-state index in [4.69, 9.17) is 4.74 Å². The molecule has 0 bridgehead atoms. The van der Waals surface area contributed by atoms with E-state index >= 15 is 0 Å². The molecule has 0 aliphatic rings. The second kappa shape index (κ2) is 6.55. The number of hydrogen-bond donors (Lipinski definition) is 0. The minimum absolute atomic E-state index is 0.0683. The Kier molecular flexibility index (Phi) is 6.07. The lowest BCUT2D eigenvalue weighted by molar-refractivity contribution is -0.144. The molecule has 0 spiro atoms. The molecule has 0 radical (unpaired) electrons. The molecule has 0 unspecified atom stereocenters. The van der Waals surface area contributed by atoms with E-state index < -0.39 is 24.4 Å². The first kappa shape index (κ1) is 16.7. The van der Waals surface area contributed by atoms with Crippen molar-refractivity contribution in [3.63, 3.8) is 0 Å². The molecule has 18 heavy (non-hydrogen) atoms. The van der Waals surface area contributed by atoms with Crippen molar-refractivity contribution in [2.75, 3.05) is 19.6 Å². The van der Waals surface area contributed by atoms with Crippen LogP contribution in [-0.4, -0.2) is 42.4 Å². The summed E-state index contributed by atoms with van der Waals surface area (Å²) in [6, 6.07) is 0. The third kappa shape index (κ3) is 8.77. The molecular weight excluding hydrogens is 253 g/mol. The van der Waals surface area contributed by atoms with Gasteiger partial charge in [-0.1, -0.05) is 5.18 Å². The third-order valence-electron chi connectivity index (χ3n) is 1.70. The maximum absolute atomic E-state index is 12.3. The van der Waals surface area contributed by atoms with Crippen LogP contribution >= 0.6 is 0 Å². The summed E-state index contributed by atoms with van der Waals surface area (Å²) in [7, 11) is 0. The molecule has 0 aliphatic carbocycles. The maximum Gasteiger partial charge on any atom is 0.410 e. The monoisotopic (exact) mass is 270 g/mol. The first-order valence-electron chi connectivity index (χ1n) is 5.39. The third-order valence-corrected chi connectivity index (χ3v) is 1.70. The van der Waals surface area contributed by atoms with Crippen LogP contribution in [0.3, 0.4) is 0 Å². The quantitative estimate of drug-likeness (QED) is 0.570. The van der Waals surface area contributed by atoms with E-state index in [0.717, 1.165) is 0 Å². The minimum atomic E-state index is -4.51. The average Bonchev–Trinajstić information content (AvgIpc) is 2.11. The molecule has 0 aromatic heterocycles. The van der Waals surface area contributed by atoms with E-state index in [1.54, 1.807) is 20.8 Å². The molecule has 0 saturated heterocycles. The van der Waals surface area contributed by atoms with Crippen molar-refractivity contribution in [1.29, 1.82) is 0 Å². The molecule has 0 heterocycles. The Balaban J connectivity index is 4.53. The van der Waals surface area contributed by atoms with Crippen LogP contribution in [0, 0.1) is 4.91 Å². The van der Waals surface area contributed by atoms with E-state index in [0.29, 0.717) is 4.90 Å². The van der Waals surface area contributed by atoms with Gasteiger partial charge in [0.15, 0.2) is 0 Å². The van der Waals surface area contributed by atoms with Crippen LogP contribution in [0.5, 0.6) is 0 Å². The Morgan fingerprint density at radius 1 is 1.28 bits per heavy atom. The summed E-state index contributed by atoms with van der Waals surface area (Å²) in [5.74, 6) is 0. The number of ether oxygens (including phenoxy) is 1. The zero-order valence-corrected chi connectivity index (χ0v) is 10.6. The van der Waals surface area contributed by atoms with Crippen molar-refractivity contribution in [3.05, 3.63) is 4.91 Å². The van der Waals surface area contributed by atoms with E-state index in [-0.39, 0.29) is 19.5 Å². The summed E-state index contributed by atoms with van der Waals surface area (Å²) >= 11 is 0. The summed E-state index contributed by atoms with van der Waals surface area (Å²) in [6.45, 7) is 2.91. The van der Waals surface area contributed by atoms with Crippen molar-refractivity contribution in [1.82, 2.24) is 4.90 Å². The van der Waals surface area contributed by atoms with Crippen molar-refractivity contribution in [3.8, 4) is 0 Å². The number of carbonyl (C=O) groups is 1. The summed E-state index contributed by atoms with van der Waals surface area (Å²) in [4.78, 5) is 21.9. The molecule has 0 N–H and O–H groups in total. The van der Waals surface area contributed by atoms with Crippen LogP contribution < -0.4 is 0 Å². The number of rotatable bonds is 5. The Morgan fingerprint density at radius 2 is 1.83 bits per heavy atom. The van der Waals surface area contributed by atoms with Gasteiger partial charge in [-0.2, -0.15) is 18.1 Å². The second-order valence-corrected chi connectivity index (χ2v) is 4.72. The number of nitroso groups, excluding NO2 is 1. The van der Waals surface area contributed by atoms with Gasteiger partial charge in [0.1, 0.15) is 12.1 Å². The Hall–Kier alpha value is -1.34. The Morgan fingerprint density at radius 3 is 2.22 bits per heavy atom. The molecule has 0 rings (SSSR count). The number of nitrogens with zero attached hydrogens (tertiary/aromatic N) is 2. The fraction of sp³-hybridized carbons (Fsp3) is 0.900. The molecule has 5 nitrogen and oxygen atoms in total. The molecule has 1 amide bonds. The van der Waals surface area contributed by atoms with Crippen LogP contribution in [0.2, 0.25) is 0 Å². The number of hydrogen-bond acceptors (Lipinski definition) is 4. The number of amides is 1. The van der Waals surface area contributed by atoms with Crippen molar-refractivity contribution in [2.24, 2.45) is 5.18 Å². The average molecular weight is 270 g/mol. The van der Waals surface area contributed by atoms with Crippen molar-refractivity contribution < 1.29 is 22.7 Å². The highest BCUT2D eigenvalue weighted by molar-refractivity contribution is 5.68. The van der Waals surface area contributed by atoms with Gasteiger partial charge in [-0.3, -0.25) is 4.90 Å². The molecule has 106 valence electrons. The van der Waals surface area contributed by atoms with E-state index in [1.165, 1.54) is 0 Å². The van der Waals surface area contributed by atoms with Crippen LogP contribution in [0.25, 0.3) is 0 Å². The Bertz CT molecular complexity index is 287. The predicted molar refractivity (Wildman–Crippen MR) is 59.1 cm³/mol. The first-order chi connectivity index (χ1) is 8.05. The van der Waals surface area contributed by atoms with Crippen LogP contribution in [0.15, 0.2) is 5.18 Å². The summed E-state index contributed by atoms with van der Waals surface area (Å²) in [5.41, 5.74) is -0.871. The lowest BCUT2D eigenvalue weighted by Crippen LogP contribution is -2.42. The standard InChI is InChI=1S/C10H17F3N2O3/c1-9(2,3)18-8(16)15(6-4-5-14-17)7-10(11,12)13/h4-7H2,1-3H3. The molecule has 0 atom stereocenters. The summed E-state index contributed by atoms with van der Waals surface area (Å²) in [5, 5.41) is 2.53. The molecule has 0 aromatic carbocycles. The zero-order valence-electron chi connectivity index (χ0n) is 10.6. The summed E-state index contributed by atoms with van der Waals surface area (Å²) in [6.07, 6.45) is -5.49. The fourth-order valence-corrected chi connectivity index (χ4v) is 1.10. The molecule has 0 saturated carbocycles. The molecule has 0 aromatic rings. The lowest BCUT2D eigenvalue weighted by Gasteiger charge is -2.27. The van der Waals surface area contributed by atoms with Crippen LogP contribution in [0.4, 0.5) is 18.0 Å². The van der Waals surface area contributed by atoms with Gasteiger partial charge in [-0.05, 0) is 27.2 Å². The zero-order chi connectivity index (χ0) is 14.4. The van der Waals surface area contributed by atoms with Crippen LogP contribution in [0.1, 0.15) is 27.2 Å². The van der Waals surface area contributed by atoms with Gasteiger partial charge in [0.2, 0.25) is 0 Å². The SMILES string of the molecule is CC(C)(C)OC(=O)N(CCCN=O)CC(F)(F)F.